The van der Waals surface area contributed by atoms with E-state index in [1.54, 1.807) is 12.1 Å². The summed E-state index contributed by atoms with van der Waals surface area (Å²) in [6.45, 7) is 2.59. The number of hydrogen-bond acceptors (Lipinski definition) is 7. The molecule has 0 bridgehead atoms. The number of methoxy groups -OCH3 is 1. The summed E-state index contributed by atoms with van der Waals surface area (Å²) in [4.78, 5) is 38.5. The zero-order valence-electron chi connectivity index (χ0n) is 13.0. The van der Waals surface area contributed by atoms with Crippen molar-refractivity contribution in [1.29, 1.82) is 0 Å². The number of rotatable bonds is 3. The zero-order chi connectivity index (χ0) is 17.9. The Morgan fingerprint density at radius 1 is 1.33 bits per heavy atom. The Hall–Kier alpha value is -2.13. The van der Waals surface area contributed by atoms with Crippen molar-refractivity contribution in [2.75, 3.05) is 7.11 Å². The van der Waals surface area contributed by atoms with Crippen LogP contribution in [0, 0.1) is 0 Å². The van der Waals surface area contributed by atoms with Crippen LogP contribution in [0.25, 0.3) is 6.08 Å². The largest absolute Gasteiger partial charge is 0.493 e. The molecular weight excluding hydrogens is 400 g/mol. The number of thioether (sulfide) groups is 1. The molecule has 1 aromatic carbocycles. The molecule has 1 aromatic rings. The van der Waals surface area contributed by atoms with Gasteiger partial charge in [0, 0.05) is 23.9 Å². The van der Waals surface area contributed by atoms with E-state index in [2.05, 4.69) is 26.2 Å². The quantitative estimate of drug-likeness (QED) is 0.465. The lowest BCUT2D eigenvalue weighted by Gasteiger charge is -2.12. The number of nitrogens with one attached hydrogen (secondary N) is 1. The maximum absolute atomic E-state index is 12.0. The summed E-state index contributed by atoms with van der Waals surface area (Å²) in [5, 5.41) is 2.34. The monoisotopic (exact) mass is 412 g/mol. The van der Waals surface area contributed by atoms with Gasteiger partial charge in [-0.25, -0.2) is 4.99 Å². The normalized spacial score (nSPS) is 15.2. The minimum atomic E-state index is -0.523. The van der Waals surface area contributed by atoms with Crippen molar-refractivity contribution in [3.05, 3.63) is 27.9 Å². The van der Waals surface area contributed by atoms with Gasteiger partial charge in [0.05, 0.1) is 7.11 Å². The van der Waals surface area contributed by atoms with Crippen LogP contribution in [0.2, 0.25) is 0 Å². The second-order valence-electron chi connectivity index (χ2n) is 4.64. The highest BCUT2D eigenvalue weighted by Crippen LogP contribution is 2.37. The average molecular weight is 413 g/mol. The molecule has 126 valence electrons. The van der Waals surface area contributed by atoms with Crippen molar-refractivity contribution in [3.63, 3.8) is 0 Å². The summed E-state index contributed by atoms with van der Waals surface area (Å²) in [6, 6.07) is 3.30. The molecule has 0 fully saturated rings. The van der Waals surface area contributed by atoms with Crippen LogP contribution in [-0.4, -0.2) is 29.3 Å². The number of hydrogen-bond donors (Lipinski definition) is 1. The Balaban J connectivity index is 2.49. The Morgan fingerprint density at radius 2 is 2.04 bits per heavy atom. The topological polar surface area (TPSA) is 94.1 Å². The van der Waals surface area contributed by atoms with E-state index in [4.69, 9.17) is 9.47 Å². The predicted octanol–water partition coefficient (Wildman–Crippen LogP) is 2.49. The zero-order valence-corrected chi connectivity index (χ0v) is 15.4. The molecule has 0 aliphatic carbocycles. The number of esters is 1. The van der Waals surface area contributed by atoms with Crippen LogP contribution in [0.5, 0.6) is 11.5 Å². The maximum Gasteiger partial charge on any atom is 0.308 e. The van der Waals surface area contributed by atoms with Gasteiger partial charge in [0.25, 0.3) is 0 Å². The Kier molecular flexibility index (Phi) is 5.79. The SMILES string of the molecule is COc1cc(Br)cc(/C=C2/N=C(NC(C)=O)SC2=O)c1OC(C)=O. The van der Waals surface area contributed by atoms with E-state index < -0.39 is 5.97 Å². The molecule has 7 nitrogen and oxygen atoms in total. The van der Waals surface area contributed by atoms with E-state index in [1.807, 2.05) is 0 Å². The molecule has 0 radical (unpaired) electrons. The van der Waals surface area contributed by atoms with Crippen molar-refractivity contribution in [1.82, 2.24) is 5.32 Å². The van der Waals surface area contributed by atoms with Crippen LogP contribution < -0.4 is 14.8 Å². The first-order chi connectivity index (χ1) is 11.3. The molecule has 1 heterocycles. The van der Waals surface area contributed by atoms with Crippen molar-refractivity contribution < 1.29 is 23.9 Å². The summed E-state index contributed by atoms with van der Waals surface area (Å²) in [6.07, 6.45) is 1.47. The van der Waals surface area contributed by atoms with Crippen LogP contribution in [0.3, 0.4) is 0 Å². The van der Waals surface area contributed by atoms with Gasteiger partial charge in [-0.15, -0.1) is 0 Å². The molecule has 2 rings (SSSR count). The van der Waals surface area contributed by atoms with Crippen molar-refractivity contribution in [2.24, 2.45) is 4.99 Å². The first-order valence-corrected chi connectivity index (χ1v) is 8.27. The van der Waals surface area contributed by atoms with Crippen LogP contribution in [0.15, 0.2) is 27.3 Å². The standard InChI is InChI=1S/C15H13BrN2O5S/c1-7(19)17-15-18-11(14(21)24-15)5-9-4-10(16)6-12(22-3)13(9)23-8(2)20/h4-6H,1-3H3,(H,17,18,19)/b11-5+. The van der Waals surface area contributed by atoms with E-state index >= 15 is 0 Å². The summed E-state index contributed by atoms with van der Waals surface area (Å²) >= 11 is 4.15. The van der Waals surface area contributed by atoms with Gasteiger partial charge >= 0.3 is 5.97 Å². The summed E-state index contributed by atoms with van der Waals surface area (Å²) in [7, 11) is 1.44. The number of aliphatic imine (C=N–C) groups is 1. The summed E-state index contributed by atoms with van der Waals surface area (Å²) in [5.41, 5.74) is 0.561. The summed E-state index contributed by atoms with van der Waals surface area (Å²) < 4.78 is 11.1. The molecule has 1 amide bonds. The number of ether oxygens (including phenoxy) is 2. The molecule has 0 saturated carbocycles. The third-order valence-electron chi connectivity index (χ3n) is 2.71. The van der Waals surface area contributed by atoms with Crippen LogP contribution in [-0.2, 0) is 14.4 Å². The van der Waals surface area contributed by atoms with Gasteiger partial charge in [0.2, 0.25) is 11.0 Å². The van der Waals surface area contributed by atoms with Gasteiger partial charge in [-0.05, 0) is 30.0 Å². The van der Waals surface area contributed by atoms with Crippen molar-refractivity contribution in [3.8, 4) is 11.5 Å². The Labute approximate surface area is 150 Å². The molecule has 0 aromatic heterocycles. The number of amides is 1. The fourth-order valence-corrected chi connectivity index (χ4v) is 3.04. The third kappa shape index (κ3) is 4.45. The smallest absolute Gasteiger partial charge is 0.308 e. The number of amidine groups is 1. The van der Waals surface area contributed by atoms with Crippen molar-refractivity contribution >= 4 is 55.9 Å². The number of carbonyl (C=O) groups excluding carboxylic acids is 3. The lowest BCUT2D eigenvalue weighted by molar-refractivity contribution is -0.132. The Bertz CT molecular complexity index is 788. The van der Waals surface area contributed by atoms with E-state index in [9.17, 15) is 14.4 Å². The van der Waals surface area contributed by atoms with Crippen LogP contribution in [0.1, 0.15) is 19.4 Å². The molecule has 1 N–H and O–H groups in total. The second kappa shape index (κ2) is 7.63. The van der Waals surface area contributed by atoms with Crippen molar-refractivity contribution in [2.45, 2.75) is 13.8 Å². The molecule has 0 atom stereocenters. The third-order valence-corrected chi connectivity index (χ3v) is 3.95. The molecule has 1 aliphatic rings. The Morgan fingerprint density at radius 3 is 2.62 bits per heavy atom. The molecule has 0 unspecified atom stereocenters. The minimum absolute atomic E-state index is 0.123. The van der Waals surface area contributed by atoms with Gasteiger partial charge in [0.1, 0.15) is 5.70 Å². The number of halogens is 1. The number of benzene rings is 1. The molecule has 9 heteroatoms. The molecular formula is C15H13BrN2O5S. The van der Waals surface area contributed by atoms with Crippen LogP contribution in [0.4, 0.5) is 0 Å². The second-order valence-corrected chi connectivity index (χ2v) is 6.51. The van der Waals surface area contributed by atoms with Gasteiger partial charge in [-0.2, -0.15) is 0 Å². The fraction of sp³-hybridized carbons (Fsp3) is 0.200. The minimum Gasteiger partial charge on any atom is -0.493 e. The predicted molar refractivity (Wildman–Crippen MR) is 93.8 cm³/mol. The highest BCUT2D eigenvalue weighted by molar-refractivity contribution is 9.10. The molecule has 1 aliphatic heterocycles. The highest BCUT2D eigenvalue weighted by Gasteiger charge is 2.24. The van der Waals surface area contributed by atoms with Gasteiger partial charge in [-0.1, -0.05) is 15.9 Å². The van der Waals surface area contributed by atoms with E-state index in [1.165, 1.54) is 27.0 Å². The van der Waals surface area contributed by atoms with E-state index in [0.717, 1.165) is 11.8 Å². The van der Waals surface area contributed by atoms with Gasteiger partial charge in [-0.3, -0.25) is 14.4 Å². The molecule has 0 saturated heterocycles. The summed E-state index contributed by atoms with van der Waals surface area (Å²) in [5.74, 6) is -0.331. The molecule has 0 spiro atoms. The highest BCUT2D eigenvalue weighted by atomic mass is 79.9. The lowest BCUT2D eigenvalue weighted by Crippen LogP contribution is -2.24. The first-order valence-electron chi connectivity index (χ1n) is 6.66. The number of carbonyl (C=O) groups is 3. The van der Waals surface area contributed by atoms with Gasteiger partial charge in [0.15, 0.2) is 16.7 Å². The molecule has 24 heavy (non-hydrogen) atoms. The fourth-order valence-electron chi connectivity index (χ4n) is 1.86. The van der Waals surface area contributed by atoms with Crippen LogP contribution >= 0.6 is 27.7 Å². The van der Waals surface area contributed by atoms with Gasteiger partial charge < -0.3 is 14.8 Å². The lowest BCUT2D eigenvalue weighted by atomic mass is 10.1. The average Bonchev–Trinajstić information content (AvgIpc) is 2.79. The number of nitrogens with zero attached hydrogens (tertiary/aromatic N) is 1. The first kappa shape index (κ1) is 18.2. The maximum atomic E-state index is 12.0. The van der Waals surface area contributed by atoms with E-state index in [0.29, 0.717) is 15.8 Å². The van der Waals surface area contributed by atoms with E-state index in [-0.39, 0.29) is 27.6 Å².